The van der Waals surface area contributed by atoms with Crippen molar-refractivity contribution in [3.8, 4) is 0 Å². The molecule has 84 valence electrons. The first-order valence-electron chi connectivity index (χ1n) is 4.76. The molecular weight excluding hydrogens is 257 g/mol. The zero-order valence-corrected chi connectivity index (χ0v) is 12.4. The van der Waals surface area contributed by atoms with E-state index in [1.807, 2.05) is 0 Å². The minimum absolute atomic E-state index is 0. The van der Waals surface area contributed by atoms with Crippen molar-refractivity contribution >= 4 is 17.7 Å². The third-order valence-corrected chi connectivity index (χ3v) is 2.29. The first-order valence-corrected chi connectivity index (χ1v) is 4.76. The summed E-state index contributed by atoms with van der Waals surface area (Å²) < 4.78 is 37.4. The Morgan fingerprint density at radius 2 is 1.76 bits per heavy atom. The summed E-state index contributed by atoms with van der Waals surface area (Å²) in [5.41, 5.74) is -0.600. The van der Waals surface area contributed by atoms with Crippen molar-refractivity contribution in [1.29, 1.82) is 0 Å². The van der Waals surface area contributed by atoms with Gasteiger partial charge in [-0.15, -0.1) is 0 Å². The Balaban J connectivity index is 0.00000144. The van der Waals surface area contributed by atoms with Gasteiger partial charge in [0.25, 0.3) is 5.56 Å². The molecule has 17 heavy (non-hydrogen) atoms. The molecule has 2 aromatic rings. The standard InChI is InChI=1S/C10H8BF3NO.K/c12-11(13,14)7-15-6-5-8-3-1-2-4-9(8)10(15)16;/h1-6H,7H2;/q-1;+1. The van der Waals surface area contributed by atoms with Gasteiger partial charge >= 0.3 is 58.4 Å². The molecule has 1 aromatic carbocycles. The Bertz CT molecular complexity index is 582. The summed E-state index contributed by atoms with van der Waals surface area (Å²) >= 11 is 0. The Morgan fingerprint density at radius 3 is 2.41 bits per heavy atom. The molecule has 2 nitrogen and oxygen atoms in total. The Hall–Kier alpha value is -0.0787. The van der Waals surface area contributed by atoms with Crippen LogP contribution < -0.4 is 56.9 Å². The van der Waals surface area contributed by atoms with E-state index in [0.29, 0.717) is 15.3 Å². The van der Waals surface area contributed by atoms with Gasteiger partial charge in [0.05, 0.1) is 0 Å². The molecule has 0 spiro atoms. The molecule has 1 heterocycles. The number of rotatable bonds is 2. The predicted molar refractivity (Wildman–Crippen MR) is 57.3 cm³/mol. The summed E-state index contributed by atoms with van der Waals surface area (Å²) in [6.45, 7) is -5.00. The van der Waals surface area contributed by atoms with Gasteiger partial charge in [0.1, 0.15) is 0 Å². The third kappa shape index (κ3) is 3.69. The van der Waals surface area contributed by atoms with Gasteiger partial charge in [0, 0.05) is 11.6 Å². The van der Waals surface area contributed by atoms with Gasteiger partial charge < -0.3 is 17.5 Å². The van der Waals surface area contributed by atoms with Crippen LogP contribution in [0.3, 0.4) is 0 Å². The molecule has 7 heteroatoms. The van der Waals surface area contributed by atoms with Crippen LogP contribution in [0.2, 0.25) is 0 Å². The minimum atomic E-state index is -5.00. The number of aromatic nitrogens is 1. The van der Waals surface area contributed by atoms with Gasteiger partial charge in [-0.2, -0.15) is 0 Å². The Morgan fingerprint density at radius 1 is 1.12 bits per heavy atom. The monoisotopic (exact) mass is 265 g/mol. The van der Waals surface area contributed by atoms with E-state index in [9.17, 15) is 17.7 Å². The summed E-state index contributed by atoms with van der Waals surface area (Å²) in [4.78, 5) is 11.7. The van der Waals surface area contributed by atoms with Crippen molar-refractivity contribution < 1.29 is 64.3 Å². The predicted octanol–water partition coefficient (Wildman–Crippen LogP) is -0.608. The topological polar surface area (TPSA) is 22.0 Å². The Kier molecular flexibility index (Phi) is 5.03. The van der Waals surface area contributed by atoms with Gasteiger partial charge in [-0.05, 0) is 24.0 Å². The maximum Gasteiger partial charge on any atom is 1.00 e. The first-order chi connectivity index (χ1) is 7.47. The van der Waals surface area contributed by atoms with Crippen LogP contribution in [-0.2, 0) is 6.44 Å². The van der Waals surface area contributed by atoms with Crippen molar-refractivity contribution in [2.75, 3.05) is 0 Å². The van der Waals surface area contributed by atoms with Crippen molar-refractivity contribution in [3.63, 3.8) is 0 Å². The summed E-state index contributed by atoms with van der Waals surface area (Å²) in [5.74, 6) is 0. The van der Waals surface area contributed by atoms with Gasteiger partial charge in [0.15, 0.2) is 0 Å². The van der Waals surface area contributed by atoms with Crippen LogP contribution in [-0.4, -0.2) is 11.5 Å². The molecule has 0 aliphatic carbocycles. The van der Waals surface area contributed by atoms with Gasteiger partial charge in [-0.3, -0.25) is 4.79 Å². The molecule has 0 atom stereocenters. The summed E-state index contributed by atoms with van der Waals surface area (Å²) in [6, 6.07) is 8.10. The van der Waals surface area contributed by atoms with Crippen LogP contribution in [0, 0.1) is 0 Å². The van der Waals surface area contributed by atoms with Gasteiger partial charge in [-0.1, -0.05) is 18.2 Å². The van der Waals surface area contributed by atoms with Crippen LogP contribution in [0.1, 0.15) is 0 Å². The summed E-state index contributed by atoms with van der Waals surface area (Å²) in [7, 11) is 0. The van der Waals surface area contributed by atoms with Crippen molar-refractivity contribution in [3.05, 3.63) is 46.9 Å². The van der Waals surface area contributed by atoms with Crippen LogP contribution in [0.25, 0.3) is 10.8 Å². The number of benzene rings is 1. The van der Waals surface area contributed by atoms with E-state index < -0.39 is 19.0 Å². The first kappa shape index (κ1) is 15.0. The summed E-state index contributed by atoms with van der Waals surface area (Å²) in [5, 5.41) is 0.962. The van der Waals surface area contributed by atoms with Crippen LogP contribution >= 0.6 is 0 Å². The molecule has 1 aromatic heterocycles. The van der Waals surface area contributed by atoms with E-state index >= 15 is 0 Å². The average Bonchev–Trinajstić information content (AvgIpc) is 2.21. The van der Waals surface area contributed by atoms with E-state index in [2.05, 4.69) is 0 Å². The number of hydrogen-bond acceptors (Lipinski definition) is 1. The fourth-order valence-corrected chi connectivity index (χ4v) is 1.60. The zero-order chi connectivity index (χ0) is 11.8. The molecule has 0 bridgehead atoms. The van der Waals surface area contributed by atoms with E-state index in [1.165, 1.54) is 18.3 Å². The second-order valence-electron chi connectivity index (χ2n) is 3.57. The third-order valence-electron chi connectivity index (χ3n) is 2.29. The van der Waals surface area contributed by atoms with E-state index in [4.69, 9.17) is 0 Å². The molecule has 0 aliphatic heterocycles. The number of fused-ring (bicyclic) bond motifs is 1. The number of hydrogen-bond donors (Lipinski definition) is 0. The fourth-order valence-electron chi connectivity index (χ4n) is 1.60. The largest absolute Gasteiger partial charge is 1.00 e. The Labute approximate surface area is 138 Å². The van der Waals surface area contributed by atoms with Gasteiger partial charge in [0.2, 0.25) is 0 Å². The van der Waals surface area contributed by atoms with Crippen molar-refractivity contribution in [2.24, 2.45) is 0 Å². The summed E-state index contributed by atoms with van der Waals surface area (Å²) in [6.07, 6.45) is -0.0103. The van der Waals surface area contributed by atoms with E-state index in [1.54, 1.807) is 18.2 Å². The molecule has 0 radical (unpaired) electrons. The smallest absolute Gasteiger partial charge is 0.448 e. The maximum atomic E-state index is 12.2. The molecule has 0 amide bonds. The molecular formula is C10H8BF3KNO. The SMILES string of the molecule is O=c1c2ccccc2ccn1C[B-](F)(F)F.[K+]. The maximum absolute atomic E-state index is 12.2. The van der Waals surface area contributed by atoms with Crippen molar-refractivity contribution in [1.82, 2.24) is 4.57 Å². The molecule has 2 rings (SSSR count). The molecule has 0 N–H and O–H groups in total. The second-order valence-corrected chi connectivity index (χ2v) is 3.57. The molecule has 0 aliphatic rings. The fraction of sp³-hybridized carbons (Fsp3) is 0.100. The van der Waals surface area contributed by atoms with E-state index in [0.717, 1.165) is 0 Å². The number of pyridine rings is 1. The molecule has 0 saturated carbocycles. The van der Waals surface area contributed by atoms with Crippen LogP contribution in [0.5, 0.6) is 0 Å². The average molecular weight is 265 g/mol. The van der Waals surface area contributed by atoms with Gasteiger partial charge in [-0.25, -0.2) is 0 Å². The normalized spacial score (nSPS) is 11.2. The van der Waals surface area contributed by atoms with Crippen LogP contribution in [0.15, 0.2) is 41.3 Å². The number of halogens is 3. The van der Waals surface area contributed by atoms with Crippen LogP contribution in [0.4, 0.5) is 12.9 Å². The number of nitrogens with zero attached hydrogens (tertiary/aromatic N) is 1. The zero-order valence-electron chi connectivity index (χ0n) is 9.24. The van der Waals surface area contributed by atoms with E-state index in [-0.39, 0.29) is 51.4 Å². The minimum Gasteiger partial charge on any atom is -0.448 e. The molecule has 0 fully saturated rings. The van der Waals surface area contributed by atoms with Crippen molar-refractivity contribution in [2.45, 2.75) is 6.44 Å². The molecule has 0 saturated heterocycles. The molecule has 0 unspecified atom stereocenters. The quantitative estimate of drug-likeness (QED) is 0.664. The second kappa shape index (κ2) is 5.71.